The van der Waals surface area contributed by atoms with Gasteiger partial charge >= 0.3 is 0 Å². The van der Waals surface area contributed by atoms with Gasteiger partial charge in [-0.25, -0.2) is 4.39 Å². The highest BCUT2D eigenvalue weighted by Gasteiger charge is 2.35. The summed E-state index contributed by atoms with van der Waals surface area (Å²) in [6, 6.07) is 13.5. The smallest absolute Gasteiger partial charge is 0.227 e. The summed E-state index contributed by atoms with van der Waals surface area (Å²) in [5, 5.41) is 2.74. The van der Waals surface area contributed by atoms with Gasteiger partial charge in [0.15, 0.2) is 11.6 Å². The van der Waals surface area contributed by atoms with Crippen LogP contribution in [0.1, 0.15) is 6.42 Å². The molecule has 1 atom stereocenters. The second kappa shape index (κ2) is 8.31. The Morgan fingerprint density at radius 1 is 1.23 bits per heavy atom. The monoisotopic (exact) mass is 420 g/mol. The Hall–Kier alpha value is -2.41. The minimum Gasteiger partial charge on any atom is -0.489 e. The molecule has 1 aliphatic heterocycles. The van der Waals surface area contributed by atoms with E-state index in [-0.39, 0.29) is 37.1 Å². The van der Waals surface area contributed by atoms with E-state index in [1.54, 1.807) is 17.0 Å². The number of ether oxygens (including phenoxy) is 1. The first-order chi connectivity index (χ1) is 12.6. The van der Waals surface area contributed by atoms with Crippen molar-refractivity contribution in [3.05, 3.63) is 58.8 Å². The average molecular weight is 421 g/mol. The van der Waals surface area contributed by atoms with Crippen molar-refractivity contribution in [2.75, 3.05) is 24.6 Å². The molecule has 1 saturated heterocycles. The van der Waals surface area contributed by atoms with Gasteiger partial charge in [-0.05, 0) is 40.2 Å². The lowest BCUT2D eigenvalue weighted by Gasteiger charge is -2.18. The van der Waals surface area contributed by atoms with Gasteiger partial charge in [-0.2, -0.15) is 0 Å². The van der Waals surface area contributed by atoms with Crippen LogP contribution in [0, 0.1) is 11.7 Å². The zero-order chi connectivity index (χ0) is 18.5. The van der Waals surface area contributed by atoms with E-state index >= 15 is 0 Å². The van der Waals surface area contributed by atoms with Crippen LogP contribution in [0.5, 0.6) is 5.75 Å². The van der Waals surface area contributed by atoms with E-state index in [0.717, 1.165) is 10.2 Å². The molecule has 0 bridgehead atoms. The third-order valence-corrected chi connectivity index (χ3v) is 4.81. The summed E-state index contributed by atoms with van der Waals surface area (Å²) in [4.78, 5) is 26.2. The number of rotatable bonds is 6. The van der Waals surface area contributed by atoms with Gasteiger partial charge < -0.3 is 15.0 Å². The summed E-state index contributed by atoms with van der Waals surface area (Å²) >= 11 is 3.43. The Bertz CT molecular complexity index is 815. The summed E-state index contributed by atoms with van der Waals surface area (Å²) in [5.41, 5.74) is 0.760. The van der Waals surface area contributed by atoms with Crippen molar-refractivity contribution in [2.45, 2.75) is 6.42 Å². The van der Waals surface area contributed by atoms with Crippen molar-refractivity contribution in [3.8, 4) is 5.75 Å². The normalized spacial score (nSPS) is 16.6. The number of halogens is 2. The molecule has 0 saturated carbocycles. The van der Waals surface area contributed by atoms with Gasteiger partial charge in [0.1, 0.15) is 6.61 Å². The fourth-order valence-electron chi connectivity index (χ4n) is 2.83. The SMILES string of the molecule is O=C(NCCOc1ccccc1F)[C@H]1CC(=O)N(c2ccccc2Br)C1. The molecule has 1 heterocycles. The number of hydrogen-bond acceptors (Lipinski definition) is 3. The van der Waals surface area contributed by atoms with Gasteiger partial charge in [0.05, 0.1) is 18.2 Å². The van der Waals surface area contributed by atoms with Crippen LogP contribution in [0.3, 0.4) is 0 Å². The topological polar surface area (TPSA) is 58.6 Å². The van der Waals surface area contributed by atoms with Crippen molar-refractivity contribution >= 4 is 33.4 Å². The van der Waals surface area contributed by atoms with E-state index in [2.05, 4.69) is 21.2 Å². The maximum Gasteiger partial charge on any atom is 0.227 e. The van der Waals surface area contributed by atoms with Crippen molar-refractivity contribution in [3.63, 3.8) is 0 Å². The van der Waals surface area contributed by atoms with Gasteiger partial charge in [0.25, 0.3) is 0 Å². The van der Waals surface area contributed by atoms with Crippen LogP contribution >= 0.6 is 15.9 Å². The van der Waals surface area contributed by atoms with Crippen molar-refractivity contribution in [2.24, 2.45) is 5.92 Å². The maximum absolute atomic E-state index is 13.4. The predicted octanol–water partition coefficient (Wildman–Crippen LogP) is 3.14. The van der Waals surface area contributed by atoms with Crippen molar-refractivity contribution in [1.29, 1.82) is 0 Å². The van der Waals surface area contributed by atoms with E-state index in [1.165, 1.54) is 12.1 Å². The highest BCUT2D eigenvalue weighted by Crippen LogP contribution is 2.31. The Balaban J connectivity index is 1.49. The second-order valence-electron chi connectivity index (χ2n) is 5.93. The van der Waals surface area contributed by atoms with Gasteiger partial charge in [0, 0.05) is 17.4 Å². The first-order valence-electron chi connectivity index (χ1n) is 8.26. The summed E-state index contributed by atoms with van der Waals surface area (Å²) in [6.45, 7) is 0.732. The molecule has 2 aromatic carbocycles. The lowest BCUT2D eigenvalue weighted by Crippen LogP contribution is -2.35. The van der Waals surface area contributed by atoms with Crippen LogP contribution in [-0.2, 0) is 9.59 Å². The van der Waals surface area contributed by atoms with E-state index in [4.69, 9.17) is 4.74 Å². The molecule has 26 heavy (non-hydrogen) atoms. The standard InChI is InChI=1S/C19H18BrFN2O3/c20-14-5-1-3-7-16(14)23-12-13(11-18(23)24)19(25)22-9-10-26-17-8-4-2-6-15(17)21/h1-8,13H,9-12H2,(H,22,25)/t13-/m0/s1. The van der Waals surface area contributed by atoms with Crippen LogP contribution < -0.4 is 15.0 Å². The molecule has 0 unspecified atom stereocenters. The van der Waals surface area contributed by atoms with Gasteiger partial charge in [0.2, 0.25) is 11.8 Å². The molecule has 0 aromatic heterocycles. The van der Waals surface area contributed by atoms with E-state index in [9.17, 15) is 14.0 Å². The number of benzene rings is 2. The predicted molar refractivity (Wildman–Crippen MR) is 99.5 cm³/mol. The minimum absolute atomic E-state index is 0.0837. The molecule has 136 valence electrons. The summed E-state index contributed by atoms with van der Waals surface area (Å²) in [5.74, 6) is -0.991. The number of carbonyl (C=O) groups is 2. The summed E-state index contributed by atoms with van der Waals surface area (Å²) in [7, 11) is 0. The van der Waals surface area contributed by atoms with Gasteiger partial charge in [-0.1, -0.05) is 24.3 Å². The van der Waals surface area contributed by atoms with Gasteiger partial charge in [-0.15, -0.1) is 0 Å². The molecule has 0 spiro atoms. The number of nitrogens with zero attached hydrogens (tertiary/aromatic N) is 1. The Morgan fingerprint density at radius 2 is 1.96 bits per heavy atom. The first-order valence-corrected chi connectivity index (χ1v) is 9.05. The molecule has 1 N–H and O–H groups in total. The number of para-hydroxylation sites is 2. The zero-order valence-electron chi connectivity index (χ0n) is 14.0. The molecule has 2 aromatic rings. The Morgan fingerprint density at radius 3 is 2.73 bits per heavy atom. The van der Waals surface area contributed by atoms with Crippen molar-refractivity contribution < 1.29 is 18.7 Å². The van der Waals surface area contributed by atoms with E-state index in [1.807, 2.05) is 24.3 Å². The van der Waals surface area contributed by atoms with Gasteiger partial charge in [-0.3, -0.25) is 9.59 Å². The Kier molecular flexibility index (Phi) is 5.88. The van der Waals surface area contributed by atoms with E-state index < -0.39 is 11.7 Å². The molecular formula is C19H18BrFN2O3. The number of amides is 2. The summed E-state index contributed by atoms with van der Waals surface area (Å²) < 4.78 is 19.6. The number of carbonyl (C=O) groups excluding carboxylic acids is 2. The third kappa shape index (κ3) is 4.22. The molecule has 3 rings (SSSR count). The highest BCUT2D eigenvalue weighted by atomic mass is 79.9. The second-order valence-corrected chi connectivity index (χ2v) is 6.78. The maximum atomic E-state index is 13.4. The molecule has 2 amide bonds. The third-order valence-electron chi connectivity index (χ3n) is 4.13. The Labute approximate surface area is 159 Å². The van der Waals surface area contributed by atoms with Crippen LogP contribution in [0.25, 0.3) is 0 Å². The van der Waals surface area contributed by atoms with Crippen LogP contribution in [0.2, 0.25) is 0 Å². The van der Waals surface area contributed by atoms with Crippen molar-refractivity contribution in [1.82, 2.24) is 5.32 Å². The lowest BCUT2D eigenvalue weighted by atomic mass is 10.1. The molecule has 1 aliphatic rings. The number of anilines is 1. The fraction of sp³-hybridized carbons (Fsp3) is 0.263. The van der Waals surface area contributed by atoms with Crippen LogP contribution in [-0.4, -0.2) is 31.5 Å². The fourth-order valence-corrected chi connectivity index (χ4v) is 3.33. The quantitative estimate of drug-likeness (QED) is 0.730. The summed E-state index contributed by atoms with van der Waals surface area (Å²) in [6.07, 6.45) is 0.168. The molecule has 0 aliphatic carbocycles. The number of nitrogens with one attached hydrogen (secondary N) is 1. The van der Waals surface area contributed by atoms with E-state index in [0.29, 0.717) is 6.54 Å². The molecule has 7 heteroatoms. The lowest BCUT2D eigenvalue weighted by molar-refractivity contribution is -0.126. The highest BCUT2D eigenvalue weighted by molar-refractivity contribution is 9.10. The largest absolute Gasteiger partial charge is 0.489 e. The average Bonchev–Trinajstić information content (AvgIpc) is 3.02. The molecule has 5 nitrogen and oxygen atoms in total. The minimum atomic E-state index is -0.440. The molecule has 1 fully saturated rings. The molecular weight excluding hydrogens is 403 g/mol. The number of hydrogen-bond donors (Lipinski definition) is 1. The van der Waals surface area contributed by atoms with Crippen LogP contribution in [0.4, 0.5) is 10.1 Å². The van der Waals surface area contributed by atoms with Crippen LogP contribution in [0.15, 0.2) is 53.0 Å². The zero-order valence-corrected chi connectivity index (χ0v) is 15.5. The molecule has 0 radical (unpaired) electrons. The first kappa shape index (κ1) is 18.4.